The number of aromatic nitrogens is 2. The summed E-state index contributed by atoms with van der Waals surface area (Å²) < 4.78 is 0.597. The number of carbonyl (C=O) groups is 2. The third kappa shape index (κ3) is 3.41. The summed E-state index contributed by atoms with van der Waals surface area (Å²) in [6.45, 7) is 1.44. The molecule has 0 fully saturated rings. The average molecular weight is 323 g/mol. The fourth-order valence-corrected chi connectivity index (χ4v) is 1.84. The standard InChI is InChI=1S/C12H11BrN4O2/c1-7(18)15-8-2-4-9(5-3-8)16-12(19)11-10(13)6-14-17-11/h2-6H,1H3,(H,14,17)(H,15,18)(H,16,19). The Morgan fingerprint density at radius 3 is 2.21 bits per heavy atom. The molecule has 2 aromatic rings. The summed E-state index contributed by atoms with van der Waals surface area (Å²) in [4.78, 5) is 22.7. The molecule has 19 heavy (non-hydrogen) atoms. The van der Waals surface area contributed by atoms with Crippen molar-refractivity contribution in [3.63, 3.8) is 0 Å². The van der Waals surface area contributed by atoms with E-state index in [-0.39, 0.29) is 11.8 Å². The van der Waals surface area contributed by atoms with Crippen molar-refractivity contribution in [2.24, 2.45) is 0 Å². The van der Waals surface area contributed by atoms with E-state index in [9.17, 15) is 9.59 Å². The van der Waals surface area contributed by atoms with Gasteiger partial charge in [0.1, 0.15) is 5.69 Å². The zero-order valence-electron chi connectivity index (χ0n) is 10.0. The van der Waals surface area contributed by atoms with Crippen LogP contribution in [0.4, 0.5) is 11.4 Å². The zero-order chi connectivity index (χ0) is 13.8. The van der Waals surface area contributed by atoms with Crippen LogP contribution in [0.3, 0.4) is 0 Å². The lowest BCUT2D eigenvalue weighted by Crippen LogP contribution is -2.13. The monoisotopic (exact) mass is 322 g/mol. The van der Waals surface area contributed by atoms with E-state index in [1.165, 1.54) is 13.1 Å². The average Bonchev–Trinajstić information content (AvgIpc) is 2.77. The summed E-state index contributed by atoms with van der Waals surface area (Å²) in [7, 11) is 0. The Labute approximate surface area is 117 Å². The molecule has 0 atom stereocenters. The lowest BCUT2D eigenvalue weighted by atomic mass is 10.2. The van der Waals surface area contributed by atoms with Gasteiger partial charge in [-0.15, -0.1) is 0 Å². The predicted molar refractivity (Wildman–Crippen MR) is 75.0 cm³/mol. The molecule has 0 saturated heterocycles. The van der Waals surface area contributed by atoms with Crippen molar-refractivity contribution in [2.75, 3.05) is 10.6 Å². The van der Waals surface area contributed by atoms with Crippen LogP contribution in [0.25, 0.3) is 0 Å². The fraction of sp³-hybridized carbons (Fsp3) is 0.0833. The molecule has 2 amide bonds. The molecule has 0 aliphatic carbocycles. The van der Waals surface area contributed by atoms with Crippen molar-refractivity contribution in [2.45, 2.75) is 6.92 Å². The van der Waals surface area contributed by atoms with E-state index >= 15 is 0 Å². The zero-order valence-corrected chi connectivity index (χ0v) is 11.6. The SMILES string of the molecule is CC(=O)Nc1ccc(NC(=O)c2[nH]ncc2Br)cc1. The number of nitrogens with zero attached hydrogens (tertiary/aromatic N) is 1. The number of H-pyrrole nitrogens is 1. The van der Waals surface area contributed by atoms with Crippen LogP contribution in [0.2, 0.25) is 0 Å². The first-order valence-electron chi connectivity index (χ1n) is 5.44. The second-order valence-corrected chi connectivity index (χ2v) is 4.66. The van der Waals surface area contributed by atoms with Crippen molar-refractivity contribution in [3.05, 3.63) is 40.6 Å². The van der Waals surface area contributed by atoms with E-state index in [1.807, 2.05) is 0 Å². The van der Waals surface area contributed by atoms with Crippen LogP contribution < -0.4 is 10.6 Å². The summed E-state index contributed by atoms with van der Waals surface area (Å²) in [6, 6.07) is 6.82. The molecule has 3 N–H and O–H groups in total. The maximum atomic E-state index is 11.9. The number of rotatable bonds is 3. The lowest BCUT2D eigenvalue weighted by Gasteiger charge is -2.06. The summed E-state index contributed by atoms with van der Waals surface area (Å²) in [5.74, 6) is -0.435. The number of halogens is 1. The molecule has 98 valence electrons. The van der Waals surface area contributed by atoms with Gasteiger partial charge in [-0.3, -0.25) is 14.7 Å². The quantitative estimate of drug-likeness (QED) is 0.810. The molecule has 7 heteroatoms. The van der Waals surface area contributed by atoms with Gasteiger partial charge in [-0.25, -0.2) is 0 Å². The first-order valence-corrected chi connectivity index (χ1v) is 6.23. The van der Waals surface area contributed by atoms with Crippen LogP contribution in [0.5, 0.6) is 0 Å². The molecule has 0 spiro atoms. The number of nitrogens with one attached hydrogen (secondary N) is 3. The van der Waals surface area contributed by atoms with Gasteiger partial charge < -0.3 is 10.6 Å². The molecule has 1 heterocycles. The van der Waals surface area contributed by atoms with Crippen molar-refractivity contribution in [3.8, 4) is 0 Å². The van der Waals surface area contributed by atoms with Gasteiger partial charge in [0.25, 0.3) is 5.91 Å². The lowest BCUT2D eigenvalue weighted by molar-refractivity contribution is -0.114. The van der Waals surface area contributed by atoms with Crippen molar-refractivity contribution in [1.29, 1.82) is 0 Å². The second-order valence-electron chi connectivity index (χ2n) is 3.81. The van der Waals surface area contributed by atoms with E-state index in [0.29, 0.717) is 21.5 Å². The summed E-state index contributed by atoms with van der Waals surface area (Å²) in [6.07, 6.45) is 1.51. The molecular formula is C12H11BrN4O2. The number of hydrogen-bond acceptors (Lipinski definition) is 3. The number of anilines is 2. The van der Waals surface area contributed by atoms with E-state index in [4.69, 9.17) is 0 Å². The smallest absolute Gasteiger partial charge is 0.274 e. The van der Waals surface area contributed by atoms with Gasteiger partial charge in [-0.1, -0.05) is 0 Å². The van der Waals surface area contributed by atoms with Crippen LogP contribution in [0.1, 0.15) is 17.4 Å². The summed E-state index contributed by atoms with van der Waals surface area (Å²) >= 11 is 3.22. The molecule has 0 aliphatic heterocycles. The van der Waals surface area contributed by atoms with Crippen molar-refractivity contribution < 1.29 is 9.59 Å². The van der Waals surface area contributed by atoms with Gasteiger partial charge in [-0.05, 0) is 40.2 Å². The minimum absolute atomic E-state index is 0.141. The molecule has 0 saturated carbocycles. The molecule has 1 aromatic heterocycles. The fourth-order valence-electron chi connectivity index (χ4n) is 1.46. The van der Waals surface area contributed by atoms with Crippen LogP contribution in [-0.4, -0.2) is 22.0 Å². The minimum atomic E-state index is -0.295. The summed E-state index contributed by atoms with van der Waals surface area (Å²) in [5, 5.41) is 11.7. The number of carbonyl (C=O) groups excluding carboxylic acids is 2. The number of amides is 2. The molecule has 1 aromatic carbocycles. The van der Waals surface area contributed by atoms with Gasteiger partial charge >= 0.3 is 0 Å². The molecule has 0 aliphatic rings. The van der Waals surface area contributed by atoms with E-state index < -0.39 is 0 Å². The highest BCUT2D eigenvalue weighted by atomic mass is 79.9. The van der Waals surface area contributed by atoms with Crippen LogP contribution in [0, 0.1) is 0 Å². The minimum Gasteiger partial charge on any atom is -0.326 e. The topological polar surface area (TPSA) is 86.9 Å². The Morgan fingerprint density at radius 2 is 1.74 bits per heavy atom. The van der Waals surface area contributed by atoms with E-state index in [1.54, 1.807) is 24.3 Å². The van der Waals surface area contributed by atoms with Gasteiger partial charge in [-0.2, -0.15) is 5.10 Å². The Kier molecular flexibility index (Phi) is 3.96. The van der Waals surface area contributed by atoms with Gasteiger partial charge in [0.15, 0.2) is 0 Å². The predicted octanol–water partition coefficient (Wildman–Crippen LogP) is 2.38. The van der Waals surface area contributed by atoms with Gasteiger partial charge in [0.2, 0.25) is 5.91 Å². The van der Waals surface area contributed by atoms with Crippen LogP contribution in [0.15, 0.2) is 34.9 Å². The molecule has 0 radical (unpaired) electrons. The molecule has 0 bridgehead atoms. The van der Waals surface area contributed by atoms with Gasteiger partial charge in [0, 0.05) is 18.3 Å². The number of hydrogen-bond donors (Lipinski definition) is 3. The van der Waals surface area contributed by atoms with Gasteiger partial charge in [0.05, 0.1) is 10.7 Å². The van der Waals surface area contributed by atoms with E-state index in [0.717, 1.165) is 0 Å². The molecule has 2 rings (SSSR count). The normalized spacial score (nSPS) is 10.0. The highest BCUT2D eigenvalue weighted by molar-refractivity contribution is 9.10. The highest BCUT2D eigenvalue weighted by Gasteiger charge is 2.11. The van der Waals surface area contributed by atoms with Crippen LogP contribution >= 0.6 is 15.9 Å². The third-order valence-corrected chi connectivity index (χ3v) is 2.88. The summed E-state index contributed by atoms with van der Waals surface area (Å²) in [5.41, 5.74) is 1.65. The maximum Gasteiger partial charge on any atom is 0.274 e. The number of aromatic amines is 1. The van der Waals surface area contributed by atoms with Crippen LogP contribution in [-0.2, 0) is 4.79 Å². The first kappa shape index (κ1) is 13.3. The first-order chi connectivity index (χ1) is 9.06. The van der Waals surface area contributed by atoms with E-state index in [2.05, 4.69) is 36.8 Å². The van der Waals surface area contributed by atoms with Crippen molar-refractivity contribution >= 4 is 39.1 Å². The largest absolute Gasteiger partial charge is 0.326 e. The second kappa shape index (κ2) is 5.66. The molecule has 6 nitrogen and oxygen atoms in total. The number of benzene rings is 1. The Hall–Kier alpha value is -2.15. The maximum absolute atomic E-state index is 11.9. The molecular weight excluding hydrogens is 312 g/mol. The molecule has 0 unspecified atom stereocenters. The Balaban J connectivity index is 2.06. The Morgan fingerprint density at radius 1 is 1.16 bits per heavy atom. The Bertz CT molecular complexity index is 606. The third-order valence-electron chi connectivity index (χ3n) is 2.28. The highest BCUT2D eigenvalue weighted by Crippen LogP contribution is 2.17. The van der Waals surface area contributed by atoms with Crippen molar-refractivity contribution in [1.82, 2.24) is 10.2 Å².